The predicted molar refractivity (Wildman–Crippen MR) is 112 cm³/mol. The Morgan fingerprint density at radius 1 is 1.12 bits per heavy atom. The average molecular weight is 464 g/mol. The fourth-order valence-corrected chi connectivity index (χ4v) is 5.18. The number of morpholine rings is 1. The molecule has 6 heterocycles. The normalized spacial score (nSPS) is 28.6. The van der Waals surface area contributed by atoms with E-state index in [4.69, 9.17) is 25.2 Å². The van der Waals surface area contributed by atoms with Gasteiger partial charge in [-0.05, 0) is 18.9 Å². The Kier molecular flexibility index (Phi) is 4.77. The Balaban J connectivity index is 1.38. The van der Waals surface area contributed by atoms with E-state index in [1.54, 1.807) is 6.07 Å². The van der Waals surface area contributed by atoms with Crippen molar-refractivity contribution in [1.82, 2.24) is 15.0 Å². The highest BCUT2D eigenvalue weighted by atomic mass is 19.4. The molecule has 0 aliphatic carbocycles. The van der Waals surface area contributed by atoms with E-state index >= 15 is 0 Å². The van der Waals surface area contributed by atoms with Crippen molar-refractivity contribution in [3.05, 3.63) is 18.3 Å². The van der Waals surface area contributed by atoms with E-state index in [-0.39, 0.29) is 24.1 Å². The van der Waals surface area contributed by atoms with Gasteiger partial charge in [-0.2, -0.15) is 4.98 Å². The van der Waals surface area contributed by atoms with Crippen LogP contribution in [-0.2, 0) is 9.47 Å². The molecule has 0 saturated carbocycles. The molecule has 4 aliphatic rings. The molecular weight excluding hydrogens is 441 g/mol. The van der Waals surface area contributed by atoms with Crippen LogP contribution in [-0.4, -0.2) is 72.4 Å². The second-order valence-corrected chi connectivity index (χ2v) is 8.93. The minimum atomic E-state index is -4.88. The van der Waals surface area contributed by atoms with Crippen LogP contribution in [0.25, 0.3) is 11.3 Å². The number of anilines is 3. The Morgan fingerprint density at radius 3 is 2.73 bits per heavy atom. The number of nitrogens with zero attached hydrogens (tertiary/aromatic N) is 5. The molecule has 12 heteroatoms. The number of rotatable bonds is 4. The first-order valence-electron chi connectivity index (χ1n) is 11.0. The van der Waals surface area contributed by atoms with Crippen molar-refractivity contribution in [2.75, 3.05) is 48.4 Å². The molecule has 4 fully saturated rings. The zero-order valence-corrected chi connectivity index (χ0v) is 17.7. The standard InChI is InChI=1S/C21H23F3N6O3/c22-21(23,24)33-16-3-12(6-26-19(16)25)15-5-18(30-8-14-4-13(30)10-32-14)28-20(27-15)29-7-11-1-2-31-17(11)9-29/h3,5-6,11,13-14,17H,1-2,4,7-10H2,(H2,25,26)/t11?,13-,14-,17?/m0/s1. The van der Waals surface area contributed by atoms with E-state index in [1.807, 2.05) is 0 Å². The number of halogens is 3. The Bertz CT molecular complexity index is 1060. The van der Waals surface area contributed by atoms with Crippen LogP contribution in [0.15, 0.2) is 18.3 Å². The molecule has 33 heavy (non-hydrogen) atoms. The van der Waals surface area contributed by atoms with Crippen molar-refractivity contribution in [3.63, 3.8) is 0 Å². The van der Waals surface area contributed by atoms with Gasteiger partial charge in [-0.15, -0.1) is 13.2 Å². The van der Waals surface area contributed by atoms with Gasteiger partial charge in [0.05, 0.1) is 30.6 Å². The van der Waals surface area contributed by atoms with Crippen molar-refractivity contribution in [3.8, 4) is 17.0 Å². The number of hydrogen-bond donors (Lipinski definition) is 1. The summed E-state index contributed by atoms with van der Waals surface area (Å²) in [5.41, 5.74) is 6.43. The van der Waals surface area contributed by atoms with Gasteiger partial charge in [0.2, 0.25) is 5.95 Å². The molecule has 176 valence electrons. The van der Waals surface area contributed by atoms with Gasteiger partial charge in [0.1, 0.15) is 5.82 Å². The van der Waals surface area contributed by atoms with Gasteiger partial charge < -0.3 is 29.7 Å². The topological polar surface area (TPSA) is 98.9 Å². The van der Waals surface area contributed by atoms with E-state index in [9.17, 15) is 13.2 Å². The molecule has 2 N–H and O–H groups in total. The molecule has 4 saturated heterocycles. The van der Waals surface area contributed by atoms with Gasteiger partial charge in [0.25, 0.3) is 0 Å². The van der Waals surface area contributed by atoms with Gasteiger partial charge in [-0.25, -0.2) is 9.97 Å². The third kappa shape index (κ3) is 3.90. The van der Waals surface area contributed by atoms with Gasteiger partial charge in [0, 0.05) is 50.0 Å². The first kappa shape index (κ1) is 20.7. The maximum atomic E-state index is 12.8. The lowest BCUT2D eigenvalue weighted by Crippen LogP contribution is -2.38. The van der Waals surface area contributed by atoms with Crippen LogP contribution in [0, 0.1) is 5.92 Å². The van der Waals surface area contributed by atoms with Crippen LogP contribution < -0.4 is 20.3 Å². The fraction of sp³-hybridized carbons (Fsp3) is 0.571. The van der Waals surface area contributed by atoms with Gasteiger partial charge >= 0.3 is 6.36 Å². The number of aromatic nitrogens is 3. The van der Waals surface area contributed by atoms with Crippen molar-refractivity contribution >= 4 is 17.6 Å². The summed E-state index contributed by atoms with van der Waals surface area (Å²) < 4.78 is 54.1. The SMILES string of the molecule is Nc1ncc(-c2cc(N3C[C@@H]4C[C@H]3CO4)nc(N3CC4CCOC4C3)n2)cc1OC(F)(F)F. The molecule has 0 aromatic carbocycles. The van der Waals surface area contributed by atoms with Crippen molar-refractivity contribution < 1.29 is 27.4 Å². The molecule has 0 spiro atoms. The molecular formula is C21H23F3N6O3. The highest BCUT2D eigenvalue weighted by Crippen LogP contribution is 2.37. The molecule has 4 aliphatic heterocycles. The average Bonchev–Trinajstić information content (AvgIpc) is 3.55. The summed E-state index contributed by atoms with van der Waals surface area (Å²) in [4.78, 5) is 17.7. The van der Waals surface area contributed by atoms with Gasteiger partial charge in [-0.3, -0.25) is 0 Å². The summed E-state index contributed by atoms with van der Waals surface area (Å²) in [5, 5.41) is 0. The third-order valence-electron chi connectivity index (χ3n) is 6.78. The summed E-state index contributed by atoms with van der Waals surface area (Å²) in [6, 6.07) is 3.22. The molecule has 2 aromatic rings. The number of hydrogen-bond acceptors (Lipinski definition) is 9. The smallest absolute Gasteiger partial charge is 0.402 e. The number of pyridine rings is 1. The maximum absolute atomic E-state index is 12.8. The van der Waals surface area contributed by atoms with Crippen LogP contribution in [0.2, 0.25) is 0 Å². The lowest BCUT2D eigenvalue weighted by atomic mass is 10.1. The number of fused-ring (bicyclic) bond motifs is 3. The van der Waals surface area contributed by atoms with Crippen LogP contribution in [0.3, 0.4) is 0 Å². The Labute approximate surface area is 187 Å². The number of nitrogen functional groups attached to an aromatic ring is 1. The number of ether oxygens (including phenoxy) is 3. The second kappa shape index (κ2) is 7.59. The monoisotopic (exact) mass is 464 g/mol. The van der Waals surface area contributed by atoms with E-state index in [1.165, 1.54) is 12.3 Å². The fourth-order valence-electron chi connectivity index (χ4n) is 5.18. The molecule has 2 bridgehead atoms. The van der Waals surface area contributed by atoms with Crippen molar-refractivity contribution in [2.45, 2.75) is 37.5 Å². The van der Waals surface area contributed by atoms with Crippen LogP contribution in [0.1, 0.15) is 12.8 Å². The highest BCUT2D eigenvalue weighted by molar-refractivity contribution is 5.68. The van der Waals surface area contributed by atoms with Gasteiger partial charge in [0.15, 0.2) is 11.6 Å². The van der Waals surface area contributed by atoms with Crippen molar-refractivity contribution in [2.24, 2.45) is 5.92 Å². The number of alkyl halides is 3. The first-order chi connectivity index (χ1) is 15.8. The van der Waals surface area contributed by atoms with Crippen LogP contribution >= 0.6 is 0 Å². The molecule has 4 atom stereocenters. The van der Waals surface area contributed by atoms with Gasteiger partial charge in [-0.1, -0.05) is 0 Å². The van der Waals surface area contributed by atoms with E-state index in [2.05, 4.69) is 19.5 Å². The van der Waals surface area contributed by atoms with Crippen LogP contribution in [0.4, 0.5) is 30.8 Å². The van der Waals surface area contributed by atoms with E-state index < -0.39 is 12.1 Å². The Morgan fingerprint density at radius 2 is 2.00 bits per heavy atom. The Hall–Kier alpha value is -2.86. The molecule has 9 nitrogen and oxygen atoms in total. The van der Waals surface area contributed by atoms with Crippen LogP contribution in [0.5, 0.6) is 5.75 Å². The third-order valence-corrected chi connectivity index (χ3v) is 6.78. The summed E-state index contributed by atoms with van der Waals surface area (Å²) in [6.45, 7) is 3.59. The lowest BCUT2D eigenvalue weighted by Gasteiger charge is -2.29. The maximum Gasteiger partial charge on any atom is 0.573 e. The molecule has 2 aromatic heterocycles. The lowest BCUT2D eigenvalue weighted by molar-refractivity contribution is -0.274. The quantitative estimate of drug-likeness (QED) is 0.730. The first-order valence-corrected chi connectivity index (χ1v) is 11.0. The van der Waals surface area contributed by atoms with E-state index in [0.717, 1.165) is 38.4 Å². The summed E-state index contributed by atoms with van der Waals surface area (Å²) in [6.07, 6.45) is -1.22. The molecule has 0 radical (unpaired) electrons. The molecule has 6 rings (SSSR count). The zero-order chi connectivity index (χ0) is 22.7. The largest absolute Gasteiger partial charge is 0.573 e. The number of nitrogens with two attached hydrogens (primary N) is 1. The minimum absolute atomic E-state index is 0.155. The highest BCUT2D eigenvalue weighted by Gasteiger charge is 2.41. The van der Waals surface area contributed by atoms with E-state index in [0.29, 0.717) is 36.3 Å². The summed E-state index contributed by atoms with van der Waals surface area (Å²) >= 11 is 0. The molecule has 2 unspecified atom stereocenters. The summed E-state index contributed by atoms with van der Waals surface area (Å²) in [7, 11) is 0. The predicted octanol–water partition coefficient (Wildman–Crippen LogP) is 2.22. The summed E-state index contributed by atoms with van der Waals surface area (Å²) in [5.74, 6) is 0.781. The molecule has 0 amide bonds. The zero-order valence-electron chi connectivity index (χ0n) is 17.7. The second-order valence-electron chi connectivity index (χ2n) is 8.93. The van der Waals surface area contributed by atoms with Crippen molar-refractivity contribution in [1.29, 1.82) is 0 Å². The minimum Gasteiger partial charge on any atom is -0.402 e.